The van der Waals surface area contributed by atoms with Crippen LogP contribution in [0.4, 0.5) is 10.5 Å². The van der Waals surface area contributed by atoms with Crippen molar-refractivity contribution in [1.29, 1.82) is 0 Å². The van der Waals surface area contributed by atoms with Crippen LogP contribution in [0, 0.1) is 6.92 Å². The highest BCUT2D eigenvalue weighted by atomic mass is 32.2. The van der Waals surface area contributed by atoms with E-state index < -0.39 is 5.97 Å². The van der Waals surface area contributed by atoms with Gasteiger partial charge >= 0.3 is 12.0 Å². The number of urea groups is 1. The summed E-state index contributed by atoms with van der Waals surface area (Å²) in [5.41, 5.74) is 1.86. The van der Waals surface area contributed by atoms with Crippen LogP contribution in [0.3, 0.4) is 0 Å². The molecule has 1 saturated heterocycles. The molecule has 0 atom stereocenters. The van der Waals surface area contributed by atoms with E-state index in [0.717, 1.165) is 35.8 Å². The molecule has 6 heteroatoms. The third-order valence-corrected chi connectivity index (χ3v) is 4.35. The lowest BCUT2D eigenvalue weighted by Gasteiger charge is -2.32. The van der Waals surface area contributed by atoms with E-state index in [1.54, 1.807) is 9.80 Å². The number of thioether (sulfide) groups is 1. The maximum absolute atomic E-state index is 12.6. The second-order valence-corrected chi connectivity index (χ2v) is 6.24. The third kappa shape index (κ3) is 4.39. The molecule has 0 radical (unpaired) electrons. The Morgan fingerprint density at radius 2 is 1.86 bits per heavy atom. The number of anilines is 1. The van der Waals surface area contributed by atoms with E-state index in [9.17, 15) is 9.59 Å². The van der Waals surface area contributed by atoms with Crippen LogP contribution in [0.15, 0.2) is 24.3 Å². The summed E-state index contributed by atoms with van der Waals surface area (Å²) >= 11 is 1.84. The number of hydrogen-bond donors (Lipinski definition) is 1. The van der Waals surface area contributed by atoms with Gasteiger partial charge in [-0.25, -0.2) is 4.79 Å². The zero-order chi connectivity index (χ0) is 15.2. The number of aliphatic carboxylic acids is 1. The van der Waals surface area contributed by atoms with Crippen LogP contribution in [-0.4, -0.2) is 53.1 Å². The highest BCUT2D eigenvalue weighted by Crippen LogP contribution is 2.19. The summed E-state index contributed by atoms with van der Waals surface area (Å²) in [6.45, 7) is 3.62. The summed E-state index contributed by atoms with van der Waals surface area (Å²) in [6, 6.07) is 7.51. The Labute approximate surface area is 128 Å². The Hall–Kier alpha value is -1.69. The summed E-state index contributed by atoms with van der Waals surface area (Å²) in [5.74, 6) is 0.979. The van der Waals surface area contributed by atoms with Gasteiger partial charge in [-0.3, -0.25) is 9.69 Å². The zero-order valence-electron chi connectivity index (χ0n) is 12.1. The van der Waals surface area contributed by atoms with Gasteiger partial charge in [-0.2, -0.15) is 11.8 Å². The number of nitrogens with zero attached hydrogens (tertiary/aromatic N) is 2. The first-order valence-corrected chi connectivity index (χ1v) is 8.16. The molecule has 1 aliphatic heterocycles. The molecule has 0 spiro atoms. The number of carbonyl (C=O) groups is 2. The maximum atomic E-state index is 12.6. The standard InChI is InChI=1S/C15H20N2O3S/c1-12-2-4-13(5-3-12)17(7-6-14(18)19)15(20)16-8-10-21-11-9-16/h2-5H,6-11H2,1H3,(H,18,19). The van der Waals surface area contributed by atoms with Crippen LogP contribution < -0.4 is 4.90 Å². The normalized spacial score (nSPS) is 14.8. The van der Waals surface area contributed by atoms with Crippen LogP contribution in [0.2, 0.25) is 0 Å². The van der Waals surface area contributed by atoms with E-state index in [0.29, 0.717) is 0 Å². The number of benzene rings is 1. The molecular formula is C15H20N2O3S. The molecule has 2 rings (SSSR count). The SMILES string of the molecule is Cc1ccc(N(CCC(=O)O)C(=O)N2CCSCC2)cc1. The number of hydrogen-bond acceptors (Lipinski definition) is 3. The molecule has 0 saturated carbocycles. The fraction of sp³-hybridized carbons (Fsp3) is 0.467. The van der Waals surface area contributed by atoms with E-state index >= 15 is 0 Å². The molecule has 0 aliphatic carbocycles. The molecule has 5 nitrogen and oxygen atoms in total. The fourth-order valence-corrected chi connectivity index (χ4v) is 3.10. The molecule has 2 amide bonds. The summed E-state index contributed by atoms with van der Waals surface area (Å²) < 4.78 is 0. The molecule has 0 unspecified atom stereocenters. The van der Waals surface area contributed by atoms with Crippen molar-refractivity contribution in [3.63, 3.8) is 0 Å². The summed E-state index contributed by atoms with van der Waals surface area (Å²) in [4.78, 5) is 26.9. The summed E-state index contributed by atoms with van der Waals surface area (Å²) in [7, 11) is 0. The van der Waals surface area contributed by atoms with Gasteiger partial charge in [0.1, 0.15) is 0 Å². The van der Waals surface area contributed by atoms with Crippen LogP contribution in [0.1, 0.15) is 12.0 Å². The van der Waals surface area contributed by atoms with Crippen molar-refractivity contribution in [2.24, 2.45) is 0 Å². The summed E-state index contributed by atoms with van der Waals surface area (Å²) in [6.07, 6.45) is -0.0534. The topological polar surface area (TPSA) is 60.9 Å². The Bertz CT molecular complexity index is 498. The highest BCUT2D eigenvalue weighted by Gasteiger charge is 2.24. The quantitative estimate of drug-likeness (QED) is 0.928. The van der Waals surface area contributed by atoms with Gasteiger partial charge in [-0.05, 0) is 19.1 Å². The van der Waals surface area contributed by atoms with Crippen molar-refractivity contribution in [1.82, 2.24) is 4.90 Å². The molecule has 1 N–H and O–H groups in total. The van der Waals surface area contributed by atoms with E-state index in [1.807, 2.05) is 43.0 Å². The van der Waals surface area contributed by atoms with Crippen LogP contribution >= 0.6 is 11.8 Å². The van der Waals surface area contributed by atoms with Crippen molar-refractivity contribution in [3.8, 4) is 0 Å². The minimum absolute atomic E-state index is 0.0534. The Balaban J connectivity index is 2.15. The highest BCUT2D eigenvalue weighted by molar-refractivity contribution is 7.99. The van der Waals surface area contributed by atoms with Gasteiger partial charge in [0.2, 0.25) is 0 Å². The lowest BCUT2D eigenvalue weighted by molar-refractivity contribution is -0.136. The molecule has 1 aromatic carbocycles. The third-order valence-electron chi connectivity index (χ3n) is 3.41. The van der Waals surface area contributed by atoms with Crippen molar-refractivity contribution in [2.45, 2.75) is 13.3 Å². The molecule has 21 heavy (non-hydrogen) atoms. The average Bonchev–Trinajstić information content (AvgIpc) is 2.49. The largest absolute Gasteiger partial charge is 0.481 e. The molecule has 0 aromatic heterocycles. The van der Waals surface area contributed by atoms with Gasteiger partial charge < -0.3 is 10.0 Å². The zero-order valence-corrected chi connectivity index (χ0v) is 12.9. The molecule has 0 bridgehead atoms. The smallest absolute Gasteiger partial charge is 0.324 e. The van der Waals surface area contributed by atoms with Gasteiger partial charge in [0.15, 0.2) is 0 Å². The van der Waals surface area contributed by atoms with Crippen LogP contribution in [0.5, 0.6) is 0 Å². The summed E-state index contributed by atoms with van der Waals surface area (Å²) in [5, 5.41) is 8.89. The van der Waals surface area contributed by atoms with Gasteiger partial charge in [-0.1, -0.05) is 17.7 Å². The number of amides is 2. The lowest BCUT2D eigenvalue weighted by Crippen LogP contribution is -2.47. The fourth-order valence-electron chi connectivity index (χ4n) is 2.19. The predicted molar refractivity (Wildman–Crippen MR) is 85.1 cm³/mol. The number of carboxylic acid groups (broad SMARTS) is 1. The monoisotopic (exact) mass is 308 g/mol. The molecule has 114 valence electrons. The predicted octanol–water partition coefficient (Wildman–Crippen LogP) is 2.44. The van der Waals surface area contributed by atoms with Crippen LogP contribution in [-0.2, 0) is 4.79 Å². The van der Waals surface area contributed by atoms with Crippen molar-refractivity contribution in [2.75, 3.05) is 36.0 Å². The molecular weight excluding hydrogens is 288 g/mol. The first-order valence-electron chi connectivity index (χ1n) is 7.00. The molecule has 1 aliphatic rings. The number of carboxylic acids is 1. The van der Waals surface area contributed by atoms with Crippen molar-refractivity contribution >= 4 is 29.4 Å². The van der Waals surface area contributed by atoms with Crippen molar-refractivity contribution < 1.29 is 14.7 Å². The van der Waals surface area contributed by atoms with Gasteiger partial charge in [0.25, 0.3) is 0 Å². The Kier molecular flexibility index (Phi) is 5.50. The Morgan fingerprint density at radius 3 is 2.43 bits per heavy atom. The van der Waals surface area contributed by atoms with E-state index in [1.165, 1.54) is 0 Å². The van der Waals surface area contributed by atoms with E-state index in [-0.39, 0.29) is 19.0 Å². The van der Waals surface area contributed by atoms with Gasteiger partial charge in [0, 0.05) is 36.8 Å². The Morgan fingerprint density at radius 1 is 1.24 bits per heavy atom. The van der Waals surface area contributed by atoms with Crippen LogP contribution in [0.25, 0.3) is 0 Å². The average molecular weight is 308 g/mol. The maximum Gasteiger partial charge on any atom is 0.324 e. The minimum Gasteiger partial charge on any atom is -0.481 e. The van der Waals surface area contributed by atoms with E-state index in [2.05, 4.69) is 0 Å². The first kappa shape index (κ1) is 15.7. The second-order valence-electron chi connectivity index (χ2n) is 5.01. The second kappa shape index (κ2) is 7.36. The molecule has 1 heterocycles. The number of carbonyl (C=O) groups excluding carboxylic acids is 1. The number of rotatable bonds is 4. The number of aryl methyl sites for hydroxylation is 1. The minimum atomic E-state index is -0.894. The van der Waals surface area contributed by atoms with Crippen molar-refractivity contribution in [3.05, 3.63) is 29.8 Å². The molecule has 1 fully saturated rings. The molecule has 1 aromatic rings. The van der Waals surface area contributed by atoms with Gasteiger partial charge in [0.05, 0.1) is 6.42 Å². The lowest BCUT2D eigenvalue weighted by atomic mass is 10.2. The van der Waals surface area contributed by atoms with E-state index in [4.69, 9.17) is 5.11 Å². The first-order chi connectivity index (χ1) is 10.1. The van der Waals surface area contributed by atoms with Gasteiger partial charge in [-0.15, -0.1) is 0 Å².